The van der Waals surface area contributed by atoms with E-state index in [-0.39, 0.29) is 6.03 Å². The average Bonchev–Trinajstić information content (AvgIpc) is 2.87. The fourth-order valence-corrected chi connectivity index (χ4v) is 1.25. The maximum absolute atomic E-state index is 11.6. The number of nitrogens with zero attached hydrogens (tertiary/aromatic N) is 3. The SMILES string of the molecule is CC(C)c1cc(NC(=O)n2ccnc2)n[nH]1. The van der Waals surface area contributed by atoms with Crippen LogP contribution in [0.5, 0.6) is 0 Å². The van der Waals surface area contributed by atoms with Crippen LogP contribution in [0.4, 0.5) is 10.6 Å². The van der Waals surface area contributed by atoms with E-state index >= 15 is 0 Å². The number of aromatic nitrogens is 4. The van der Waals surface area contributed by atoms with Crippen molar-refractivity contribution in [2.45, 2.75) is 19.8 Å². The molecule has 1 amide bonds. The summed E-state index contributed by atoms with van der Waals surface area (Å²) < 4.78 is 1.35. The summed E-state index contributed by atoms with van der Waals surface area (Å²) in [5, 5.41) is 9.52. The first-order chi connectivity index (χ1) is 7.66. The molecule has 0 fully saturated rings. The van der Waals surface area contributed by atoms with E-state index in [0.717, 1.165) is 5.69 Å². The molecular formula is C10H13N5O. The molecule has 6 heteroatoms. The van der Waals surface area contributed by atoms with Crippen LogP contribution in [0.25, 0.3) is 0 Å². The van der Waals surface area contributed by atoms with Crippen molar-refractivity contribution >= 4 is 11.8 Å². The molecular weight excluding hydrogens is 206 g/mol. The van der Waals surface area contributed by atoms with E-state index in [1.54, 1.807) is 12.4 Å². The molecule has 0 spiro atoms. The minimum absolute atomic E-state index is 0.278. The zero-order valence-electron chi connectivity index (χ0n) is 9.14. The zero-order valence-corrected chi connectivity index (χ0v) is 9.14. The lowest BCUT2D eigenvalue weighted by Crippen LogP contribution is -2.17. The first-order valence-corrected chi connectivity index (χ1v) is 5.01. The topological polar surface area (TPSA) is 75.6 Å². The van der Waals surface area contributed by atoms with Gasteiger partial charge >= 0.3 is 6.03 Å². The molecule has 0 aliphatic rings. The zero-order chi connectivity index (χ0) is 11.5. The molecule has 2 aromatic rings. The van der Waals surface area contributed by atoms with E-state index in [0.29, 0.717) is 11.7 Å². The summed E-state index contributed by atoms with van der Waals surface area (Å²) in [5.74, 6) is 0.869. The van der Waals surface area contributed by atoms with Crippen LogP contribution >= 0.6 is 0 Å². The number of carbonyl (C=O) groups excluding carboxylic acids is 1. The van der Waals surface area contributed by atoms with E-state index in [1.807, 2.05) is 6.07 Å². The third-order valence-electron chi connectivity index (χ3n) is 2.19. The molecule has 0 saturated carbocycles. The minimum Gasteiger partial charge on any atom is -0.290 e. The van der Waals surface area contributed by atoms with Gasteiger partial charge in [0.1, 0.15) is 6.33 Å². The van der Waals surface area contributed by atoms with Gasteiger partial charge in [-0.05, 0) is 5.92 Å². The van der Waals surface area contributed by atoms with Crippen LogP contribution in [0.3, 0.4) is 0 Å². The lowest BCUT2D eigenvalue weighted by molar-refractivity contribution is 0.253. The molecule has 0 saturated heterocycles. The molecule has 84 valence electrons. The van der Waals surface area contributed by atoms with Crippen LogP contribution in [0, 0.1) is 0 Å². The molecule has 2 heterocycles. The van der Waals surface area contributed by atoms with E-state index < -0.39 is 0 Å². The number of nitrogens with one attached hydrogen (secondary N) is 2. The Morgan fingerprint density at radius 3 is 2.94 bits per heavy atom. The molecule has 6 nitrogen and oxygen atoms in total. The van der Waals surface area contributed by atoms with Gasteiger partial charge in [0, 0.05) is 24.2 Å². The number of hydrogen-bond acceptors (Lipinski definition) is 3. The minimum atomic E-state index is -0.278. The smallest absolute Gasteiger partial charge is 0.290 e. The van der Waals surface area contributed by atoms with Crippen LogP contribution in [0.15, 0.2) is 24.8 Å². The Balaban J connectivity index is 2.07. The molecule has 0 aliphatic heterocycles. The highest BCUT2D eigenvalue weighted by atomic mass is 16.2. The Labute approximate surface area is 92.7 Å². The third-order valence-corrected chi connectivity index (χ3v) is 2.19. The van der Waals surface area contributed by atoms with Gasteiger partial charge < -0.3 is 0 Å². The second-order valence-corrected chi connectivity index (χ2v) is 3.76. The standard InChI is InChI=1S/C10H13N5O/c1-7(2)8-5-9(14-13-8)12-10(16)15-4-3-11-6-15/h3-7H,1-2H3,(H2,12,13,14,16). The summed E-state index contributed by atoms with van der Waals surface area (Å²) in [6.45, 7) is 4.10. The van der Waals surface area contributed by atoms with Crippen molar-refractivity contribution in [3.8, 4) is 0 Å². The molecule has 16 heavy (non-hydrogen) atoms. The van der Waals surface area contributed by atoms with Crippen LogP contribution in [-0.4, -0.2) is 25.8 Å². The largest absolute Gasteiger partial charge is 0.332 e. The van der Waals surface area contributed by atoms with Crippen LogP contribution < -0.4 is 5.32 Å². The van der Waals surface area contributed by atoms with Gasteiger partial charge in [0.25, 0.3) is 0 Å². The van der Waals surface area contributed by atoms with Gasteiger partial charge in [0.05, 0.1) is 0 Å². The van der Waals surface area contributed by atoms with Crippen LogP contribution in [-0.2, 0) is 0 Å². The molecule has 0 aliphatic carbocycles. The Bertz CT molecular complexity index is 471. The number of imidazole rings is 1. The van der Waals surface area contributed by atoms with Crippen molar-refractivity contribution in [2.24, 2.45) is 0 Å². The Morgan fingerprint density at radius 1 is 1.56 bits per heavy atom. The number of anilines is 1. The lowest BCUT2D eigenvalue weighted by atomic mass is 10.1. The second kappa shape index (κ2) is 4.18. The number of aromatic amines is 1. The van der Waals surface area contributed by atoms with E-state index in [1.165, 1.54) is 10.9 Å². The monoisotopic (exact) mass is 219 g/mol. The highest BCUT2D eigenvalue weighted by Crippen LogP contribution is 2.14. The van der Waals surface area contributed by atoms with E-state index in [4.69, 9.17) is 0 Å². The Kier molecular flexibility index (Phi) is 2.72. The summed E-state index contributed by atoms with van der Waals surface area (Å²) in [7, 11) is 0. The van der Waals surface area contributed by atoms with Gasteiger partial charge in [0.15, 0.2) is 5.82 Å². The van der Waals surface area contributed by atoms with Crippen molar-refractivity contribution in [3.05, 3.63) is 30.5 Å². The lowest BCUT2D eigenvalue weighted by Gasteiger charge is -2.00. The Hall–Kier alpha value is -2.11. The maximum atomic E-state index is 11.6. The summed E-state index contributed by atoms with van der Waals surface area (Å²) in [4.78, 5) is 15.4. The number of carbonyl (C=O) groups is 1. The fourth-order valence-electron chi connectivity index (χ4n) is 1.25. The molecule has 0 aromatic carbocycles. The van der Waals surface area contributed by atoms with Crippen molar-refractivity contribution in [2.75, 3.05) is 5.32 Å². The van der Waals surface area contributed by atoms with Gasteiger partial charge in [-0.1, -0.05) is 13.8 Å². The van der Waals surface area contributed by atoms with Gasteiger partial charge in [-0.3, -0.25) is 15.0 Å². The fraction of sp³-hybridized carbons (Fsp3) is 0.300. The average molecular weight is 219 g/mol. The molecule has 0 bridgehead atoms. The second-order valence-electron chi connectivity index (χ2n) is 3.76. The summed E-state index contributed by atoms with van der Waals surface area (Å²) in [6, 6.07) is 1.54. The van der Waals surface area contributed by atoms with E-state index in [9.17, 15) is 4.79 Å². The quantitative estimate of drug-likeness (QED) is 0.808. The van der Waals surface area contributed by atoms with Gasteiger partial charge in [-0.2, -0.15) is 5.10 Å². The molecule has 0 atom stereocenters. The van der Waals surface area contributed by atoms with Crippen molar-refractivity contribution in [3.63, 3.8) is 0 Å². The molecule has 2 N–H and O–H groups in total. The Morgan fingerprint density at radius 2 is 2.38 bits per heavy atom. The predicted molar refractivity (Wildman–Crippen MR) is 59.3 cm³/mol. The maximum Gasteiger partial charge on any atom is 0.332 e. The third kappa shape index (κ3) is 2.10. The van der Waals surface area contributed by atoms with Gasteiger partial charge in [0.2, 0.25) is 0 Å². The first-order valence-electron chi connectivity index (χ1n) is 5.01. The predicted octanol–water partition coefficient (Wildman–Crippen LogP) is 1.81. The highest BCUT2D eigenvalue weighted by molar-refractivity contribution is 5.89. The highest BCUT2D eigenvalue weighted by Gasteiger charge is 2.08. The molecule has 0 unspecified atom stereocenters. The normalized spacial score (nSPS) is 10.7. The molecule has 0 radical (unpaired) electrons. The number of rotatable bonds is 2. The number of hydrogen-bond donors (Lipinski definition) is 2. The van der Waals surface area contributed by atoms with Crippen molar-refractivity contribution < 1.29 is 4.79 Å². The molecule has 2 rings (SSSR count). The molecule has 2 aromatic heterocycles. The number of H-pyrrole nitrogens is 1. The van der Waals surface area contributed by atoms with Gasteiger partial charge in [-0.15, -0.1) is 0 Å². The van der Waals surface area contributed by atoms with Crippen molar-refractivity contribution in [1.29, 1.82) is 0 Å². The first kappa shape index (κ1) is 10.4. The summed E-state index contributed by atoms with van der Waals surface area (Å²) in [6.07, 6.45) is 4.56. The van der Waals surface area contributed by atoms with Crippen molar-refractivity contribution in [1.82, 2.24) is 19.7 Å². The summed E-state index contributed by atoms with van der Waals surface area (Å²) in [5.41, 5.74) is 0.987. The van der Waals surface area contributed by atoms with Crippen LogP contribution in [0.1, 0.15) is 25.5 Å². The number of amides is 1. The summed E-state index contributed by atoms with van der Waals surface area (Å²) >= 11 is 0. The van der Waals surface area contributed by atoms with Crippen LogP contribution in [0.2, 0.25) is 0 Å². The van der Waals surface area contributed by atoms with Gasteiger partial charge in [-0.25, -0.2) is 9.78 Å². The van der Waals surface area contributed by atoms with E-state index in [2.05, 4.69) is 34.3 Å².